The van der Waals surface area contributed by atoms with Crippen LogP contribution in [0.15, 0.2) is 18.2 Å². The highest BCUT2D eigenvalue weighted by atomic mass is 16.5. The number of ether oxygens (including phenoxy) is 3. The van der Waals surface area contributed by atoms with Gasteiger partial charge in [0.1, 0.15) is 18.1 Å². The number of methoxy groups -OCH3 is 1. The molecule has 1 aromatic carbocycles. The molecule has 0 spiro atoms. The molecule has 0 aliphatic carbocycles. The molecule has 4 heteroatoms. The SMILES string of the molecule is CNCc1ccc(OC)cc1OCCOC(C)C. The van der Waals surface area contributed by atoms with Gasteiger partial charge >= 0.3 is 0 Å². The lowest BCUT2D eigenvalue weighted by Crippen LogP contribution is -2.13. The molecule has 0 radical (unpaired) electrons. The van der Waals surface area contributed by atoms with Crippen LogP contribution in [0.5, 0.6) is 11.5 Å². The fourth-order valence-electron chi connectivity index (χ4n) is 1.57. The van der Waals surface area contributed by atoms with Crippen molar-refractivity contribution in [2.75, 3.05) is 27.4 Å². The Kier molecular flexibility index (Phi) is 6.54. The van der Waals surface area contributed by atoms with Crippen LogP contribution in [0.2, 0.25) is 0 Å². The van der Waals surface area contributed by atoms with Gasteiger partial charge in [-0.25, -0.2) is 0 Å². The third-order valence-corrected chi connectivity index (χ3v) is 2.43. The van der Waals surface area contributed by atoms with Crippen molar-refractivity contribution in [2.24, 2.45) is 0 Å². The molecule has 1 N–H and O–H groups in total. The molecule has 0 atom stereocenters. The maximum Gasteiger partial charge on any atom is 0.127 e. The van der Waals surface area contributed by atoms with Gasteiger partial charge in [0.05, 0.1) is 19.8 Å². The van der Waals surface area contributed by atoms with Gasteiger partial charge in [0.15, 0.2) is 0 Å². The van der Waals surface area contributed by atoms with Crippen molar-refractivity contribution in [2.45, 2.75) is 26.5 Å². The molecule has 0 heterocycles. The molecule has 1 aromatic rings. The number of rotatable bonds is 8. The molecule has 4 nitrogen and oxygen atoms in total. The van der Waals surface area contributed by atoms with Gasteiger partial charge in [-0.05, 0) is 27.0 Å². The molecule has 18 heavy (non-hydrogen) atoms. The van der Waals surface area contributed by atoms with E-state index in [1.807, 2.05) is 39.1 Å². The third kappa shape index (κ3) is 4.94. The molecule has 0 unspecified atom stereocenters. The molecule has 0 aliphatic heterocycles. The summed E-state index contributed by atoms with van der Waals surface area (Å²) in [6.45, 7) is 5.93. The highest BCUT2D eigenvalue weighted by Gasteiger charge is 2.05. The average Bonchev–Trinajstić information content (AvgIpc) is 2.36. The molecular weight excluding hydrogens is 230 g/mol. The van der Waals surface area contributed by atoms with Crippen LogP contribution in [0.1, 0.15) is 19.4 Å². The first-order valence-electron chi connectivity index (χ1n) is 6.23. The van der Waals surface area contributed by atoms with Gasteiger partial charge in [0.2, 0.25) is 0 Å². The summed E-state index contributed by atoms with van der Waals surface area (Å²) in [7, 11) is 3.56. The lowest BCUT2D eigenvalue weighted by atomic mass is 10.2. The molecule has 0 saturated carbocycles. The first-order valence-corrected chi connectivity index (χ1v) is 6.23. The molecule has 0 bridgehead atoms. The summed E-state index contributed by atoms with van der Waals surface area (Å²) in [5.41, 5.74) is 1.11. The summed E-state index contributed by atoms with van der Waals surface area (Å²) in [4.78, 5) is 0. The Bertz CT molecular complexity index is 353. The molecule has 0 aromatic heterocycles. The predicted octanol–water partition coefficient (Wildman–Crippen LogP) is 2.22. The fourth-order valence-corrected chi connectivity index (χ4v) is 1.57. The van der Waals surface area contributed by atoms with E-state index < -0.39 is 0 Å². The van der Waals surface area contributed by atoms with Crippen molar-refractivity contribution in [3.63, 3.8) is 0 Å². The Morgan fingerprint density at radius 1 is 1.22 bits per heavy atom. The Hall–Kier alpha value is -1.26. The summed E-state index contributed by atoms with van der Waals surface area (Å²) < 4.78 is 16.4. The quantitative estimate of drug-likeness (QED) is 0.721. The Labute approximate surface area is 109 Å². The van der Waals surface area contributed by atoms with E-state index in [-0.39, 0.29) is 6.10 Å². The van der Waals surface area contributed by atoms with Gasteiger partial charge in [-0.2, -0.15) is 0 Å². The van der Waals surface area contributed by atoms with Crippen LogP contribution in [0.4, 0.5) is 0 Å². The minimum absolute atomic E-state index is 0.232. The van der Waals surface area contributed by atoms with Crippen molar-refractivity contribution >= 4 is 0 Å². The highest BCUT2D eigenvalue weighted by molar-refractivity contribution is 5.40. The van der Waals surface area contributed by atoms with Crippen LogP contribution in [-0.4, -0.2) is 33.5 Å². The molecule has 0 aliphatic rings. The summed E-state index contributed by atoms with van der Waals surface area (Å²) in [6.07, 6.45) is 0.232. The van der Waals surface area contributed by atoms with E-state index in [1.54, 1.807) is 7.11 Å². The lowest BCUT2D eigenvalue weighted by molar-refractivity contribution is 0.0550. The molecule has 0 fully saturated rings. The average molecular weight is 253 g/mol. The van der Waals surface area contributed by atoms with Crippen molar-refractivity contribution in [1.29, 1.82) is 0 Å². The summed E-state index contributed by atoms with van der Waals surface area (Å²) in [5, 5.41) is 3.12. The van der Waals surface area contributed by atoms with E-state index >= 15 is 0 Å². The Morgan fingerprint density at radius 2 is 2.00 bits per heavy atom. The van der Waals surface area contributed by atoms with Gasteiger partial charge in [-0.1, -0.05) is 6.07 Å². The van der Waals surface area contributed by atoms with Crippen LogP contribution in [0.25, 0.3) is 0 Å². The van der Waals surface area contributed by atoms with E-state index in [1.165, 1.54) is 0 Å². The normalized spacial score (nSPS) is 10.7. The van der Waals surface area contributed by atoms with Crippen molar-refractivity contribution in [3.8, 4) is 11.5 Å². The first-order chi connectivity index (χ1) is 8.67. The van der Waals surface area contributed by atoms with Gasteiger partial charge < -0.3 is 19.5 Å². The van der Waals surface area contributed by atoms with Crippen molar-refractivity contribution < 1.29 is 14.2 Å². The molecular formula is C14H23NO3. The van der Waals surface area contributed by atoms with Gasteiger partial charge in [-0.3, -0.25) is 0 Å². The molecule has 0 saturated heterocycles. The van der Waals surface area contributed by atoms with E-state index in [0.717, 1.165) is 23.6 Å². The lowest BCUT2D eigenvalue weighted by Gasteiger charge is -2.13. The zero-order valence-corrected chi connectivity index (χ0v) is 11.7. The third-order valence-electron chi connectivity index (χ3n) is 2.43. The summed E-state index contributed by atoms with van der Waals surface area (Å²) in [5.74, 6) is 1.64. The van der Waals surface area contributed by atoms with Crippen molar-refractivity contribution in [3.05, 3.63) is 23.8 Å². The Balaban J connectivity index is 2.59. The summed E-state index contributed by atoms with van der Waals surface area (Å²) >= 11 is 0. The van der Waals surface area contributed by atoms with Crippen LogP contribution >= 0.6 is 0 Å². The van der Waals surface area contributed by atoms with Crippen LogP contribution in [0.3, 0.4) is 0 Å². The smallest absolute Gasteiger partial charge is 0.127 e. The van der Waals surface area contributed by atoms with E-state index in [2.05, 4.69) is 5.32 Å². The van der Waals surface area contributed by atoms with Gasteiger partial charge in [0.25, 0.3) is 0 Å². The number of benzene rings is 1. The molecule has 0 amide bonds. The second-order valence-corrected chi connectivity index (χ2v) is 4.27. The number of hydrogen-bond donors (Lipinski definition) is 1. The van der Waals surface area contributed by atoms with E-state index in [4.69, 9.17) is 14.2 Å². The standard InChI is InChI=1S/C14H23NO3/c1-11(2)17-7-8-18-14-9-13(16-4)6-5-12(14)10-15-3/h5-6,9,11,15H,7-8,10H2,1-4H3. The molecule has 1 rings (SSSR count). The van der Waals surface area contributed by atoms with E-state index in [9.17, 15) is 0 Å². The minimum atomic E-state index is 0.232. The second kappa shape index (κ2) is 7.95. The first kappa shape index (κ1) is 14.8. The largest absolute Gasteiger partial charge is 0.497 e. The van der Waals surface area contributed by atoms with Crippen molar-refractivity contribution in [1.82, 2.24) is 5.32 Å². The molecule has 102 valence electrons. The Morgan fingerprint density at radius 3 is 2.61 bits per heavy atom. The maximum atomic E-state index is 5.74. The number of hydrogen-bond acceptors (Lipinski definition) is 4. The second-order valence-electron chi connectivity index (χ2n) is 4.27. The number of nitrogens with one attached hydrogen (secondary N) is 1. The van der Waals surface area contributed by atoms with Gasteiger partial charge in [0, 0.05) is 18.2 Å². The van der Waals surface area contributed by atoms with Crippen LogP contribution < -0.4 is 14.8 Å². The van der Waals surface area contributed by atoms with Crippen LogP contribution in [-0.2, 0) is 11.3 Å². The topological polar surface area (TPSA) is 39.7 Å². The maximum absolute atomic E-state index is 5.74. The van der Waals surface area contributed by atoms with E-state index in [0.29, 0.717) is 13.2 Å². The zero-order valence-electron chi connectivity index (χ0n) is 11.7. The fraction of sp³-hybridized carbons (Fsp3) is 0.571. The van der Waals surface area contributed by atoms with Gasteiger partial charge in [-0.15, -0.1) is 0 Å². The minimum Gasteiger partial charge on any atom is -0.497 e. The predicted molar refractivity (Wildman–Crippen MR) is 72.3 cm³/mol. The zero-order chi connectivity index (χ0) is 13.4. The highest BCUT2D eigenvalue weighted by Crippen LogP contribution is 2.24. The monoisotopic (exact) mass is 253 g/mol. The van der Waals surface area contributed by atoms with Crippen LogP contribution in [0, 0.1) is 0 Å². The summed E-state index contributed by atoms with van der Waals surface area (Å²) in [6, 6.07) is 5.85.